The van der Waals surface area contributed by atoms with Crippen LogP contribution in [0.3, 0.4) is 0 Å². The lowest BCUT2D eigenvalue weighted by atomic mass is 10.1. The molecular formula is C9H14F3NO3. The van der Waals surface area contributed by atoms with E-state index in [9.17, 15) is 18.0 Å². The lowest BCUT2D eigenvalue weighted by Crippen LogP contribution is -2.44. The minimum atomic E-state index is -4.70. The van der Waals surface area contributed by atoms with Crippen molar-refractivity contribution in [2.45, 2.75) is 25.1 Å². The third-order valence-electron chi connectivity index (χ3n) is 2.53. The Bertz CT molecular complexity index is 239. The van der Waals surface area contributed by atoms with E-state index in [2.05, 4.69) is 5.32 Å². The molecule has 2 N–H and O–H groups in total. The van der Waals surface area contributed by atoms with Gasteiger partial charge in [0.2, 0.25) is 0 Å². The monoisotopic (exact) mass is 241 g/mol. The maximum Gasteiger partial charge on any atom is 0.403 e. The normalized spacial score (nSPS) is 20.7. The molecule has 1 fully saturated rings. The van der Waals surface area contributed by atoms with Crippen LogP contribution in [0.15, 0.2) is 0 Å². The molecule has 0 saturated carbocycles. The van der Waals surface area contributed by atoms with Crippen LogP contribution in [0.25, 0.3) is 0 Å². The molecule has 0 aliphatic carbocycles. The number of hydrogen-bond donors (Lipinski definition) is 2. The first-order chi connectivity index (χ1) is 7.41. The molecule has 0 spiro atoms. The average Bonchev–Trinajstić information content (AvgIpc) is 2.17. The Morgan fingerprint density at radius 3 is 2.44 bits per heavy atom. The third-order valence-corrected chi connectivity index (χ3v) is 2.53. The van der Waals surface area contributed by atoms with Crippen molar-refractivity contribution in [3.05, 3.63) is 0 Å². The Morgan fingerprint density at radius 2 is 2.00 bits per heavy atom. The second kappa shape index (κ2) is 5.49. The highest BCUT2D eigenvalue weighted by Crippen LogP contribution is 2.26. The summed E-state index contributed by atoms with van der Waals surface area (Å²) in [4.78, 5) is 10.4. The maximum absolute atomic E-state index is 12.3. The van der Waals surface area contributed by atoms with Crippen molar-refractivity contribution in [1.82, 2.24) is 5.32 Å². The Hall–Kier alpha value is -0.820. The Kier molecular flexibility index (Phi) is 4.55. The molecule has 1 heterocycles. The first-order valence-electron chi connectivity index (χ1n) is 5.02. The third kappa shape index (κ3) is 3.97. The minimum Gasteiger partial charge on any atom is -0.481 e. The summed E-state index contributed by atoms with van der Waals surface area (Å²) in [5.74, 6) is -4.18. The zero-order valence-electron chi connectivity index (χ0n) is 8.59. The summed E-state index contributed by atoms with van der Waals surface area (Å²) in [6.45, 7) is 0.423. The van der Waals surface area contributed by atoms with Gasteiger partial charge in [-0.1, -0.05) is 0 Å². The second-order valence-electron chi connectivity index (χ2n) is 3.73. The number of aliphatic carboxylic acids is 1. The molecule has 7 heteroatoms. The highest BCUT2D eigenvalue weighted by molar-refractivity contribution is 5.71. The molecule has 1 saturated heterocycles. The second-order valence-corrected chi connectivity index (χ2v) is 3.73. The Labute approximate surface area is 90.8 Å². The van der Waals surface area contributed by atoms with E-state index in [-0.39, 0.29) is 6.04 Å². The number of alkyl halides is 3. The molecule has 0 aromatic heterocycles. The number of halogens is 3. The van der Waals surface area contributed by atoms with Gasteiger partial charge in [-0.15, -0.1) is 0 Å². The van der Waals surface area contributed by atoms with Crippen LogP contribution >= 0.6 is 0 Å². The predicted octanol–water partition coefficient (Wildman–Crippen LogP) is 1.02. The molecule has 0 amide bonds. The summed E-state index contributed by atoms with van der Waals surface area (Å²) >= 11 is 0. The van der Waals surface area contributed by atoms with Gasteiger partial charge in [0.1, 0.15) is 0 Å². The fourth-order valence-electron chi connectivity index (χ4n) is 1.53. The van der Waals surface area contributed by atoms with Crippen molar-refractivity contribution in [2.24, 2.45) is 5.92 Å². The van der Waals surface area contributed by atoms with Crippen LogP contribution < -0.4 is 5.32 Å². The number of hydrogen-bond acceptors (Lipinski definition) is 3. The van der Waals surface area contributed by atoms with Gasteiger partial charge in [-0.25, -0.2) is 0 Å². The number of rotatable bonds is 4. The van der Waals surface area contributed by atoms with Gasteiger partial charge in [0, 0.05) is 25.8 Å². The molecule has 94 valence electrons. The molecule has 0 radical (unpaired) electrons. The SMILES string of the molecule is O=C(O)C(CNC1CCOCC1)C(F)(F)F. The van der Waals surface area contributed by atoms with Crippen molar-refractivity contribution in [3.8, 4) is 0 Å². The lowest BCUT2D eigenvalue weighted by Gasteiger charge is -2.25. The smallest absolute Gasteiger partial charge is 0.403 e. The summed E-state index contributed by atoms with van der Waals surface area (Å²) in [6.07, 6.45) is -3.47. The molecular weight excluding hydrogens is 227 g/mol. The molecule has 1 unspecified atom stereocenters. The molecule has 1 rings (SSSR count). The van der Waals surface area contributed by atoms with Gasteiger partial charge in [-0.2, -0.15) is 13.2 Å². The topological polar surface area (TPSA) is 58.6 Å². The highest BCUT2D eigenvalue weighted by atomic mass is 19.4. The van der Waals surface area contributed by atoms with Gasteiger partial charge < -0.3 is 15.2 Å². The van der Waals surface area contributed by atoms with Crippen molar-refractivity contribution >= 4 is 5.97 Å². The number of carbonyl (C=O) groups is 1. The van der Waals surface area contributed by atoms with Crippen LogP contribution in [0.4, 0.5) is 13.2 Å². The summed E-state index contributed by atoms with van der Waals surface area (Å²) < 4.78 is 41.9. The van der Waals surface area contributed by atoms with E-state index >= 15 is 0 Å². The van der Waals surface area contributed by atoms with E-state index in [4.69, 9.17) is 9.84 Å². The number of ether oxygens (including phenoxy) is 1. The van der Waals surface area contributed by atoms with Gasteiger partial charge in [0.25, 0.3) is 0 Å². The standard InChI is InChI=1S/C9H14F3NO3/c10-9(11,12)7(8(14)15)5-13-6-1-3-16-4-2-6/h6-7,13H,1-5H2,(H,14,15). The van der Waals surface area contributed by atoms with E-state index in [0.29, 0.717) is 26.1 Å². The van der Waals surface area contributed by atoms with Gasteiger partial charge >= 0.3 is 12.1 Å². The van der Waals surface area contributed by atoms with Gasteiger partial charge in [-0.3, -0.25) is 4.79 Å². The van der Waals surface area contributed by atoms with Crippen molar-refractivity contribution in [2.75, 3.05) is 19.8 Å². The van der Waals surface area contributed by atoms with Crippen molar-refractivity contribution < 1.29 is 27.8 Å². The summed E-state index contributed by atoms with van der Waals surface area (Å²) in [5, 5.41) is 11.1. The minimum absolute atomic E-state index is 0.0852. The van der Waals surface area contributed by atoms with E-state index in [0.717, 1.165) is 0 Å². The molecule has 1 aliphatic rings. The predicted molar refractivity (Wildman–Crippen MR) is 49.0 cm³/mol. The van der Waals surface area contributed by atoms with E-state index in [1.807, 2.05) is 0 Å². The molecule has 16 heavy (non-hydrogen) atoms. The Balaban J connectivity index is 2.40. The van der Waals surface area contributed by atoms with Crippen LogP contribution in [0.2, 0.25) is 0 Å². The molecule has 0 aromatic carbocycles. The van der Waals surface area contributed by atoms with E-state index in [1.54, 1.807) is 0 Å². The van der Waals surface area contributed by atoms with Gasteiger partial charge in [0.15, 0.2) is 5.92 Å². The quantitative estimate of drug-likeness (QED) is 0.771. The zero-order valence-corrected chi connectivity index (χ0v) is 8.59. The largest absolute Gasteiger partial charge is 0.481 e. The Morgan fingerprint density at radius 1 is 1.44 bits per heavy atom. The van der Waals surface area contributed by atoms with Gasteiger partial charge in [0.05, 0.1) is 0 Å². The molecule has 0 aromatic rings. The van der Waals surface area contributed by atoms with Crippen LogP contribution in [0.5, 0.6) is 0 Å². The summed E-state index contributed by atoms with van der Waals surface area (Å²) in [5.41, 5.74) is 0. The number of carboxylic acid groups (broad SMARTS) is 1. The first kappa shape index (κ1) is 13.2. The van der Waals surface area contributed by atoms with Crippen LogP contribution in [-0.2, 0) is 9.53 Å². The highest BCUT2D eigenvalue weighted by Gasteiger charge is 2.45. The lowest BCUT2D eigenvalue weighted by molar-refractivity contribution is -0.192. The fourth-order valence-corrected chi connectivity index (χ4v) is 1.53. The molecule has 4 nitrogen and oxygen atoms in total. The fraction of sp³-hybridized carbons (Fsp3) is 0.889. The van der Waals surface area contributed by atoms with Gasteiger partial charge in [-0.05, 0) is 12.8 Å². The average molecular weight is 241 g/mol. The van der Waals surface area contributed by atoms with Crippen LogP contribution in [0.1, 0.15) is 12.8 Å². The van der Waals surface area contributed by atoms with Crippen LogP contribution in [0, 0.1) is 5.92 Å². The summed E-state index contributed by atoms with van der Waals surface area (Å²) in [7, 11) is 0. The summed E-state index contributed by atoms with van der Waals surface area (Å²) in [6, 6.07) is -0.0852. The molecule has 1 atom stereocenters. The van der Waals surface area contributed by atoms with Crippen LogP contribution in [-0.4, -0.2) is 43.1 Å². The van der Waals surface area contributed by atoms with E-state index < -0.39 is 24.6 Å². The zero-order chi connectivity index (χ0) is 12.2. The van der Waals surface area contributed by atoms with Crippen molar-refractivity contribution in [3.63, 3.8) is 0 Å². The first-order valence-corrected chi connectivity index (χ1v) is 5.02. The molecule has 1 aliphatic heterocycles. The maximum atomic E-state index is 12.3. The number of nitrogens with one attached hydrogen (secondary N) is 1. The van der Waals surface area contributed by atoms with Crippen molar-refractivity contribution in [1.29, 1.82) is 0 Å². The number of carboxylic acids is 1. The molecule has 0 bridgehead atoms. The van der Waals surface area contributed by atoms with E-state index in [1.165, 1.54) is 0 Å².